The lowest BCUT2D eigenvalue weighted by Crippen LogP contribution is -2.27. The van der Waals surface area contributed by atoms with Crippen LogP contribution in [0, 0.1) is 0 Å². The summed E-state index contributed by atoms with van der Waals surface area (Å²) in [6, 6.07) is 0. The Bertz CT molecular complexity index is 237. The number of halogens is 3. The third kappa shape index (κ3) is 9.58. The second kappa shape index (κ2) is 7.56. The number of carbonyl (C=O) groups is 3. The zero-order chi connectivity index (χ0) is 11.8. The molecule has 0 aromatic carbocycles. The van der Waals surface area contributed by atoms with Crippen molar-refractivity contribution in [3.63, 3.8) is 0 Å². The molecule has 0 radical (unpaired) electrons. The molecule has 0 N–H and O–H groups in total. The lowest BCUT2D eigenvalue weighted by atomic mass is 10.4. The number of hydrogen-bond acceptors (Lipinski definition) is 6. The van der Waals surface area contributed by atoms with Gasteiger partial charge in [0.2, 0.25) is 0 Å². The summed E-state index contributed by atoms with van der Waals surface area (Å²) in [6.45, 7) is -0.796. The van der Waals surface area contributed by atoms with Crippen LogP contribution in [0.1, 0.15) is 0 Å². The highest BCUT2D eigenvalue weighted by Crippen LogP contribution is 2.02. The standard InChI is InChI=1S/C6H5Cl3O6/c7-4(10)13-1-3(15-6(9)12)2-14-5(8)11/h3H,1-2H2. The van der Waals surface area contributed by atoms with Gasteiger partial charge in [-0.3, -0.25) is 0 Å². The molecule has 6 nitrogen and oxygen atoms in total. The Morgan fingerprint density at radius 1 is 0.867 bits per heavy atom. The fraction of sp³-hybridized carbons (Fsp3) is 0.500. The Balaban J connectivity index is 3.99. The van der Waals surface area contributed by atoms with Crippen molar-refractivity contribution in [2.24, 2.45) is 0 Å². The molecule has 0 aliphatic rings. The summed E-state index contributed by atoms with van der Waals surface area (Å²) in [5.41, 5.74) is -3.33. The second-order valence-corrected chi connectivity index (χ2v) is 3.00. The van der Waals surface area contributed by atoms with Gasteiger partial charge in [-0.2, -0.15) is 0 Å². The molecule has 0 unspecified atom stereocenters. The summed E-state index contributed by atoms with van der Waals surface area (Å²) >= 11 is 14.6. The van der Waals surface area contributed by atoms with E-state index in [1.807, 2.05) is 0 Å². The summed E-state index contributed by atoms with van der Waals surface area (Å²) in [7, 11) is 0. The van der Waals surface area contributed by atoms with Gasteiger partial charge in [0.15, 0.2) is 6.10 Å². The Kier molecular flexibility index (Phi) is 7.19. The maximum atomic E-state index is 10.3. The van der Waals surface area contributed by atoms with E-state index in [1.54, 1.807) is 0 Å². The largest absolute Gasteiger partial charge is 0.450 e. The number of hydrogen-bond donors (Lipinski definition) is 0. The molecule has 0 spiro atoms. The summed E-state index contributed by atoms with van der Waals surface area (Å²) < 4.78 is 13.0. The molecule has 0 bridgehead atoms. The maximum Gasteiger partial charge on any atom is 0.404 e. The summed E-state index contributed by atoms with van der Waals surface area (Å²) in [5, 5.41) is 0. The molecule has 86 valence electrons. The SMILES string of the molecule is O=C(Cl)OCC(COC(=O)Cl)OC(=O)Cl. The molecule has 0 atom stereocenters. The van der Waals surface area contributed by atoms with Gasteiger partial charge in [-0.25, -0.2) is 14.4 Å². The second-order valence-electron chi connectivity index (χ2n) is 2.07. The molecule has 0 aliphatic heterocycles. The third-order valence-electron chi connectivity index (χ3n) is 1.02. The zero-order valence-electron chi connectivity index (χ0n) is 7.07. The van der Waals surface area contributed by atoms with Crippen LogP contribution < -0.4 is 0 Å². The zero-order valence-corrected chi connectivity index (χ0v) is 9.34. The lowest BCUT2D eigenvalue weighted by molar-refractivity contribution is 0.0264. The van der Waals surface area contributed by atoms with Crippen molar-refractivity contribution in [1.29, 1.82) is 0 Å². The topological polar surface area (TPSA) is 78.9 Å². The van der Waals surface area contributed by atoms with Crippen molar-refractivity contribution >= 4 is 51.1 Å². The van der Waals surface area contributed by atoms with Crippen molar-refractivity contribution in [3.8, 4) is 0 Å². The predicted molar refractivity (Wildman–Crippen MR) is 50.5 cm³/mol. The minimum atomic E-state index is -1.14. The van der Waals surface area contributed by atoms with Crippen molar-refractivity contribution in [3.05, 3.63) is 0 Å². The van der Waals surface area contributed by atoms with E-state index >= 15 is 0 Å². The quantitative estimate of drug-likeness (QED) is 0.568. The van der Waals surface area contributed by atoms with Gasteiger partial charge in [0.05, 0.1) is 0 Å². The van der Waals surface area contributed by atoms with Gasteiger partial charge in [0, 0.05) is 34.8 Å². The van der Waals surface area contributed by atoms with E-state index < -0.39 is 35.6 Å². The minimum Gasteiger partial charge on any atom is -0.450 e. The smallest absolute Gasteiger partial charge is 0.404 e. The summed E-state index contributed by atoms with van der Waals surface area (Å²) in [4.78, 5) is 30.8. The fourth-order valence-electron chi connectivity index (χ4n) is 0.564. The van der Waals surface area contributed by atoms with Crippen LogP contribution in [0.15, 0.2) is 0 Å². The molecule has 0 amide bonds. The van der Waals surface area contributed by atoms with Crippen LogP contribution in [0.25, 0.3) is 0 Å². The summed E-state index contributed by atoms with van der Waals surface area (Å²) in [6.07, 6.45) is -1.06. The van der Waals surface area contributed by atoms with Crippen molar-refractivity contribution in [2.75, 3.05) is 13.2 Å². The van der Waals surface area contributed by atoms with Gasteiger partial charge >= 0.3 is 16.3 Å². The van der Waals surface area contributed by atoms with Gasteiger partial charge in [-0.15, -0.1) is 0 Å². The first-order valence-corrected chi connectivity index (χ1v) is 4.56. The first-order chi connectivity index (χ1) is 6.91. The van der Waals surface area contributed by atoms with E-state index in [2.05, 4.69) is 14.2 Å². The Labute approximate surface area is 99.3 Å². The fourth-order valence-corrected chi connectivity index (χ4v) is 0.816. The lowest BCUT2D eigenvalue weighted by Gasteiger charge is -2.14. The first kappa shape index (κ1) is 14.3. The normalized spacial score (nSPS) is 9.60. The Morgan fingerprint density at radius 3 is 1.53 bits per heavy atom. The molecular weight excluding hydrogens is 274 g/mol. The monoisotopic (exact) mass is 278 g/mol. The molecule has 0 aliphatic carbocycles. The average molecular weight is 279 g/mol. The minimum absolute atomic E-state index is 0.398. The van der Waals surface area contributed by atoms with Crippen LogP contribution in [0.2, 0.25) is 0 Å². The van der Waals surface area contributed by atoms with E-state index in [9.17, 15) is 14.4 Å². The first-order valence-electron chi connectivity index (χ1n) is 3.42. The van der Waals surface area contributed by atoms with E-state index in [1.165, 1.54) is 0 Å². The van der Waals surface area contributed by atoms with Crippen LogP contribution >= 0.6 is 34.8 Å². The van der Waals surface area contributed by atoms with Crippen molar-refractivity contribution < 1.29 is 28.6 Å². The molecular formula is C6H5Cl3O6. The van der Waals surface area contributed by atoms with Crippen LogP contribution in [-0.2, 0) is 14.2 Å². The maximum absolute atomic E-state index is 10.3. The molecule has 9 heteroatoms. The number of ether oxygens (including phenoxy) is 3. The van der Waals surface area contributed by atoms with Crippen molar-refractivity contribution in [1.82, 2.24) is 0 Å². The molecule has 0 aromatic heterocycles. The highest BCUT2D eigenvalue weighted by molar-refractivity contribution is 6.61. The molecule has 0 rings (SSSR count). The molecule has 0 saturated heterocycles. The Morgan fingerprint density at radius 2 is 1.27 bits per heavy atom. The van der Waals surface area contributed by atoms with Gasteiger partial charge in [-0.05, 0) is 0 Å². The van der Waals surface area contributed by atoms with Gasteiger partial charge in [0.25, 0.3) is 0 Å². The van der Waals surface area contributed by atoms with Crippen LogP contribution in [0.3, 0.4) is 0 Å². The van der Waals surface area contributed by atoms with E-state index in [0.29, 0.717) is 0 Å². The van der Waals surface area contributed by atoms with E-state index in [-0.39, 0.29) is 0 Å². The Hall–Kier alpha value is -0.720. The molecule has 0 heterocycles. The van der Waals surface area contributed by atoms with Crippen LogP contribution in [0.4, 0.5) is 14.4 Å². The van der Waals surface area contributed by atoms with Gasteiger partial charge in [0.1, 0.15) is 13.2 Å². The highest BCUT2D eigenvalue weighted by atomic mass is 35.5. The average Bonchev–Trinajstić information content (AvgIpc) is 2.08. The van der Waals surface area contributed by atoms with Crippen LogP contribution in [-0.4, -0.2) is 35.6 Å². The number of carbonyl (C=O) groups excluding carboxylic acids is 3. The van der Waals surface area contributed by atoms with E-state index in [4.69, 9.17) is 34.8 Å². The molecule has 0 fully saturated rings. The molecule has 15 heavy (non-hydrogen) atoms. The molecule has 0 saturated carbocycles. The van der Waals surface area contributed by atoms with Crippen molar-refractivity contribution in [2.45, 2.75) is 6.10 Å². The predicted octanol–water partition coefficient (Wildman–Crippen LogP) is 2.48. The van der Waals surface area contributed by atoms with Gasteiger partial charge in [-0.1, -0.05) is 0 Å². The summed E-state index contributed by atoms with van der Waals surface area (Å²) in [5.74, 6) is 0. The third-order valence-corrected chi connectivity index (χ3v) is 1.33. The van der Waals surface area contributed by atoms with E-state index in [0.717, 1.165) is 0 Å². The molecule has 0 aromatic rings. The van der Waals surface area contributed by atoms with Crippen LogP contribution in [0.5, 0.6) is 0 Å². The number of rotatable bonds is 5. The van der Waals surface area contributed by atoms with Gasteiger partial charge < -0.3 is 14.2 Å². The highest BCUT2D eigenvalue weighted by Gasteiger charge is 2.17.